The number of hydrogen-bond donors (Lipinski definition) is 2. The Labute approximate surface area is 178 Å². The predicted octanol–water partition coefficient (Wildman–Crippen LogP) is 3.67. The van der Waals surface area contributed by atoms with Gasteiger partial charge in [-0.15, -0.1) is 0 Å². The Morgan fingerprint density at radius 3 is 2.19 bits per heavy atom. The molecule has 160 valence electrons. The molecule has 7 nitrogen and oxygen atoms in total. The average molecular weight is 442 g/mol. The molecule has 0 aliphatic rings. The number of nitrogens with zero attached hydrogens (tertiary/aromatic N) is 1. The van der Waals surface area contributed by atoms with E-state index in [0.717, 1.165) is 34.1 Å². The van der Waals surface area contributed by atoms with Crippen molar-refractivity contribution in [2.75, 3.05) is 16.2 Å². The van der Waals surface area contributed by atoms with Crippen molar-refractivity contribution in [2.45, 2.75) is 11.8 Å². The molecule has 2 N–H and O–H groups in total. The van der Waals surface area contributed by atoms with Gasteiger partial charge in [-0.2, -0.15) is 0 Å². The highest BCUT2D eigenvalue weighted by Crippen LogP contribution is 2.25. The van der Waals surface area contributed by atoms with Crippen molar-refractivity contribution < 1.29 is 27.5 Å². The minimum atomic E-state index is -4.21. The predicted molar refractivity (Wildman–Crippen MR) is 114 cm³/mol. The smallest absolute Gasteiger partial charge is 0.337 e. The van der Waals surface area contributed by atoms with Crippen LogP contribution in [0.4, 0.5) is 15.8 Å². The number of aryl methyl sites for hydroxylation is 1. The van der Waals surface area contributed by atoms with E-state index in [1.54, 1.807) is 30.3 Å². The number of para-hydroxylation sites is 1. The zero-order chi connectivity index (χ0) is 22.6. The lowest BCUT2D eigenvalue weighted by molar-refractivity contribution is -0.114. The monoisotopic (exact) mass is 442 g/mol. The molecule has 0 radical (unpaired) electrons. The van der Waals surface area contributed by atoms with E-state index in [2.05, 4.69) is 5.32 Å². The fourth-order valence-corrected chi connectivity index (χ4v) is 4.28. The Morgan fingerprint density at radius 1 is 0.968 bits per heavy atom. The number of carboxylic acid groups (broad SMARTS) is 1. The molecule has 0 heterocycles. The van der Waals surface area contributed by atoms with E-state index >= 15 is 0 Å². The van der Waals surface area contributed by atoms with Crippen LogP contribution < -0.4 is 9.62 Å². The summed E-state index contributed by atoms with van der Waals surface area (Å²) in [6, 6.07) is 16.5. The second-order valence-corrected chi connectivity index (χ2v) is 8.56. The lowest BCUT2D eigenvalue weighted by atomic mass is 10.2. The van der Waals surface area contributed by atoms with Crippen LogP contribution in [-0.4, -0.2) is 31.9 Å². The third-order valence-corrected chi connectivity index (χ3v) is 6.23. The number of rotatable bonds is 7. The number of hydrogen-bond acceptors (Lipinski definition) is 4. The first-order valence-electron chi connectivity index (χ1n) is 9.15. The molecule has 0 aromatic heterocycles. The summed E-state index contributed by atoms with van der Waals surface area (Å²) in [5.41, 5.74) is 1.04. The largest absolute Gasteiger partial charge is 0.478 e. The van der Waals surface area contributed by atoms with E-state index in [1.807, 2.05) is 6.92 Å². The van der Waals surface area contributed by atoms with E-state index in [0.29, 0.717) is 0 Å². The van der Waals surface area contributed by atoms with Crippen LogP contribution in [0.5, 0.6) is 0 Å². The van der Waals surface area contributed by atoms with E-state index in [4.69, 9.17) is 0 Å². The number of nitrogens with one attached hydrogen (secondary N) is 1. The normalized spacial score (nSPS) is 11.0. The van der Waals surface area contributed by atoms with Crippen molar-refractivity contribution in [3.05, 3.63) is 89.7 Å². The van der Waals surface area contributed by atoms with Gasteiger partial charge in [0.1, 0.15) is 12.4 Å². The SMILES string of the molecule is Cc1ccc(N(CC(=O)Nc2ccccc2C(=O)O)S(=O)(=O)c2ccc(F)cc2)cc1. The summed E-state index contributed by atoms with van der Waals surface area (Å²) in [5, 5.41) is 11.7. The van der Waals surface area contributed by atoms with Crippen LogP contribution >= 0.6 is 0 Å². The van der Waals surface area contributed by atoms with Crippen molar-refractivity contribution in [2.24, 2.45) is 0 Å². The van der Waals surface area contributed by atoms with Gasteiger partial charge in [0.15, 0.2) is 0 Å². The van der Waals surface area contributed by atoms with Gasteiger partial charge in [-0.05, 0) is 55.5 Å². The van der Waals surface area contributed by atoms with Gasteiger partial charge < -0.3 is 10.4 Å². The van der Waals surface area contributed by atoms with Crippen LogP contribution in [0.2, 0.25) is 0 Å². The fourth-order valence-electron chi connectivity index (χ4n) is 2.86. The van der Waals surface area contributed by atoms with Crippen LogP contribution in [0, 0.1) is 12.7 Å². The number of anilines is 2. The molecule has 0 saturated carbocycles. The summed E-state index contributed by atoms with van der Waals surface area (Å²) in [6.45, 7) is 1.22. The number of benzene rings is 3. The number of halogens is 1. The standard InChI is InChI=1S/C22H19FN2O5S/c1-15-6-10-17(11-7-15)25(31(29,30)18-12-8-16(23)9-13-18)14-21(26)24-20-5-3-2-4-19(20)22(27)28/h2-13H,14H2,1H3,(H,24,26)(H,27,28). The summed E-state index contributed by atoms with van der Waals surface area (Å²) in [7, 11) is -4.21. The molecule has 0 fully saturated rings. The summed E-state index contributed by atoms with van der Waals surface area (Å²) in [6.07, 6.45) is 0. The van der Waals surface area contributed by atoms with Gasteiger partial charge in [0, 0.05) is 0 Å². The second-order valence-electron chi connectivity index (χ2n) is 6.70. The Bertz CT molecular complexity index is 1210. The van der Waals surface area contributed by atoms with Gasteiger partial charge in [-0.1, -0.05) is 29.8 Å². The van der Waals surface area contributed by atoms with Crippen LogP contribution in [0.1, 0.15) is 15.9 Å². The van der Waals surface area contributed by atoms with Crippen LogP contribution in [0.25, 0.3) is 0 Å². The molecule has 0 aliphatic carbocycles. The molecule has 0 bridgehead atoms. The number of carboxylic acids is 1. The minimum absolute atomic E-state index is 0.0445. The highest BCUT2D eigenvalue weighted by molar-refractivity contribution is 7.92. The summed E-state index contributed by atoms with van der Waals surface area (Å²) in [5.74, 6) is -2.56. The van der Waals surface area contributed by atoms with E-state index < -0.39 is 34.3 Å². The highest BCUT2D eigenvalue weighted by atomic mass is 32.2. The Balaban J connectivity index is 1.96. The number of carbonyl (C=O) groups is 2. The number of sulfonamides is 1. The maximum absolute atomic E-state index is 13.3. The summed E-state index contributed by atoms with van der Waals surface area (Å²) in [4.78, 5) is 23.9. The molecule has 3 aromatic rings. The zero-order valence-corrected chi connectivity index (χ0v) is 17.3. The van der Waals surface area contributed by atoms with Gasteiger partial charge in [0.2, 0.25) is 5.91 Å². The molecule has 0 atom stereocenters. The third kappa shape index (κ3) is 5.07. The fraction of sp³-hybridized carbons (Fsp3) is 0.0909. The number of carbonyl (C=O) groups excluding carboxylic acids is 1. The number of amides is 1. The van der Waals surface area contributed by atoms with Crippen molar-refractivity contribution in [1.29, 1.82) is 0 Å². The van der Waals surface area contributed by atoms with Gasteiger partial charge in [-0.3, -0.25) is 9.10 Å². The minimum Gasteiger partial charge on any atom is -0.478 e. The van der Waals surface area contributed by atoms with Crippen molar-refractivity contribution in [3.8, 4) is 0 Å². The Kier molecular flexibility index (Phi) is 6.36. The summed E-state index contributed by atoms with van der Waals surface area (Å²) < 4.78 is 40.6. The first-order chi connectivity index (χ1) is 14.7. The lowest BCUT2D eigenvalue weighted by Crippen LogP contribution is -2.38. The van der Waals surface area contributed by atoms with E-state index in [1.165, 1.54) is 18.2 Å². The van der Waals surface area contributed by atoms with Gasteiger partial charge in [0.05, 0.1) is 21.8 Å². The highest BCUT2D eigenvalue weighted by Gasteiger charge is 2.27. The Hall–Kier alpha value is -3.72. The molecule has 31 heavy (non-hydrogen) atoms. The van der Waals surface area contributed by atoms with Gasteiger partial charge >= 0.3 is 5.97 Å². The van der Waals surface area contributed by atoms with Gasteiger partial charge in [0.25, 0.3) is 10.0 Å². The second kappa shape index (κ2) is 8.97. The molecule has 9 heteroatoms. The molecule has 3 aromatic carbocycles. The lowest BCUT2D eigenvalue weighted by Gasteiger charge is -2.24. The quantitative estimate of drug-likeness (QED) is 0.581. The van der Waals surface area contributed by atoms with Crippen LogP contribution in [-0.2, 0) is 14.8 Å². The van der Waals surface area contributed by atoms with Crippen LogP contribution in [0.15, 0.2) is 77.7 Å². The third-order valence-electron chi connectivity index (χ3n) is 4.44. The zero-order valence-electron chi connectivity index (χ0n) is 16.4. The number of aromatic carboxylic acids is 1. The van der Waals surface area contributed by atoms with E-state index in [-0.39, 0.29) is 21.8 Å². The molecule has 3 rings (SSSR count). The molecular weight excluding hydrogens is 423 g/mol. The maximum Gasteiger partial charge on any atom is 0.337 e. The van der Waals surface area contributed by atoms with Crippen LogP contribution in [0.3, 0.4) is 0 Å². The molecule has 0 saturated heterocycles. The van der Waals surface area contributed by atoms with Crippen molar-refractivity contribution in [1.82, 2.24) is 0 Å². The molecule has 1 amide bonds. The van der Waals surface area contributed by atoms with E-state index in [9.17, 15) is 27.5 Å². The van der Waals surface area contributed by atoms with Crippen molar-refractivity contribution >= 4 is 33.3 Å². The first-order valence-corrected chi connectivity index (χ1v) is 10.6. The molecule has 0 unspecified atom stereocenters. The van der Waals surface area contributed by atoms with Gasteiger partial charge in [-0.25, -0.2) is 17.6 Å². The Morgan fingerprint density at radius 2 is 1.58 bits per heavy atom. The maximum atomic E-state index is 13.3. The summed E-state index contributed by atoms with van der Waals surface area (Å²) >= 11 is 0. The average Bonchev–Trinajstić information content (AvgIpc) is 2.73. The topological polar surface area (TPSA) is 104 Å². The first kappa shape index (κ1) is 22.0. The molecular formula is C22H19FN2O5S. The van der Waals surface area contributed by atoms with Crippen molar-refractivity contribution in [3.63, 3.8) is 0 Å². The molecule has 0 aliphatic heterocycles. The molecule has 0 spiro atoms.